The van der Waals surface area contributed by atoms with Crippen LogP contribution in [0.15, 0.2) is 35.2 Å². The lowest BCUT2D eigenvalue weighted by Gasteiger charge is -2.40. The Balaban J connectivity index is 3.03. The van der Waals surface area contributed by atoms with Gasteiger partial charge in [-0.05, 0) is 54.4 Å². The summed E-state index contributed by atoms with van der Waals surface area (Å²) >= 11 is 0. The quantitative estimate of drug-likeness (QED) is 0.436. The molecule has 22 heavy (non-hydrogen) atoms. The highest BCUT2D eigenvalue weighted by atomic mass is 31.2. The zero-order valence-corrected chi connectivity index (χ0v) is 15.8. The lowest BCUT2D eigenvalue weighted by atomic mass is 10.3. The normalized spacial score (nSPS) is 13.0. The fourth-order valence-corrected chi connectivity index (χ4v) is 5.13. The van der Waals surface area contributed by atoms with Crippen LogP contribution >= 0.6 is 7.51 Å². The van der Waals surface area contributed by atoms with Gasteiger partial charge in [0, 0.05) is 13.8 Å². The van der Waals surface area contributed by atoms with Gasteiger partial charge >= 0.3 is 0 Å². The Morgan fingerprint density at radius 3 is 1.73 bits per heavy atom. The van der Waals surface area contributed by atoms with Crippen molar-refractivity contribution in [3.63, 3.8) is 0 Å². The van der Waals surface area contributed by atoms with Crippen molar-refractivity contribution in [3.8, 4) is 5.75 Å². The molecular weight excluding hydrogens is 299 g/mol. The van der Waals surface area contributed by atoms with Crippen LogP contribution < -0.4 is 4.74 Å². The third kappa shape index (κ3) is 4.54. The Hall–Kier alpha value is -0.910. The molecule has 0 aliphatic carbocycles. The first kappa shape index (κ1) is 19.1. The summed E-state index contributed by atoms with van der Waals surface area (Å²) in [6.45, 7) is 3.72. The Morgan fingerprint density at radius 2 is 1.32 bits per heavy atom. The van der Waals surface area contributed by atoms with Crippen molar-refractivity contribution in [2.24, 2.45) is 4.91 Å². The molecule has 126 valence electrons. The monoisotopic (exact) mass is 328 g/mol. The summed E-state index contributed by atoms with van der Waals surface area (Å²) in [5, 5.41) is 0. The molecule has 7 heteroatoms. The maximum atomic E-state index is 5.88. The van der Waals surface area contributed by atoms with E-state index in [1.165, 1.54) is 0 Å². The second kappa shape index (κ2) is 7.57. The van der Waals surface area contributed by atoms with Gasteiger partial charge in [-0.15, -0.1) is 4.91 Å². The lowest BCUT2D eigenvalue weighted by Crippen LogP contribution is -2.34. The molecular formula is C15H29N4O2P. The standard InChI is InChI=1S/C15H29N4O2P/c1-15(2,20-14-12-10-9-11-13-14)21-16-22(17(3)4,18(5)6)19(7)8/h9-13H,1-8H3. The minimum absolute atomic E-state index is 0.756. The third-order valence-corrected chi connectivity index (χ3v) is 6.61. The second-order valence-electron chi connectivity index (χ2n) is 6.07. The molecule has 0 radical (unpaired) electrons. The summed E-state index contributed by atoms with van der Waals surface area (Å²) in [4.78, 5) is 10.4. The average Bonchev–Trinajstić information content (AvgIpc) is 2.38. The van der Waals surface area contributed by atoms with Crippen molar-refractivity contribution in [2.75, 3.05) is 42.3 Å². The van der Waals surface area contributed by atoms with Crippen molar-refractivity contribution in [1.29, 1.82) is 0 Å². The molecule has 0 saturated heterocycles. The van der Waals surface area contributed by atoms with Gasteiger partial charge in [0.1, 0.15) is 5.75 Å². The first-order valence-corrected chi connectivity index (χ1v) is 8.79. The molecule has 0 spiro atoms. The summed E-state index contributed by atoms with van der Waals surface area (Å²) in [6.07, 6.45) is 0. The number of hydrogen-bond acceptors (Lipinski definition) is 3. The fourth-order valence-electron chi connectivity index (χ4n) is 2.24. The number of benzene rings is 1. The molecule has 0 aliphatic heterocycles. The molecule has 0 N–H and O–H groups in total. The maximum absolute atomic E-state index is 5.88. The Morgan fingerprint density at radius 1 is 0.864 bits per heavy atom. The summed E-state index contributed by atoms with van der Waals surface area (Å²) in [6, 6.07) is 9.61. The van der Waals surface area contributed by atoms with E-state index in [0.29, 0.717) is 0 Å². The topological polar surface area (TPSA) is 40.5 Å². The average molecular weight is 328 g/mol. The third-order valence-electron chi connectivity index (χ3n) is 3.09. The molecule has 1 aromatic carbocycles. The van der Waals surface area contributed by atoms with Gasteiger partial charge in [-0.3, -0.25) is 14.0 Å². The Labute approximate surface area is 134 Å². The van der Waals surface area contributed by atoms with Crippen molar-refractivity contribution < 1.29 is 9.57 Å². The van der Waals surface area contributed by atoms with E-state index in [-0.39, 0.29) is 0 Å². The highest BCUT2D eigenvalue weighted by Crippen LogP contribution is 2.55. The van der Waals surface area contributed by atoms with Crippen LogP contribution in [0.5, 0.6) is 5.75 Å². The van der Waals surface area contributed by atoms with Crippen LogP contribution in [0.1, 0.15) is 13.8 Å². The van der Waals surface area contributed by atoms with Crippen molar-refractivity contribution in [1.82, 2.24) is 14.0 Å². The van der Waals surface area contributed by atoms with E-state index in [4.69, 9.17) is 9.57 Å². The number of nitrogens with zero attached hydrogens (tertiary/aromatic N) is 4. The SMILES string of the molecule is CN(C)P(=NOC(C)(C)Oc1ccccc1)(N(C)C)N(C)C. The van der Waals surface area contributed by atoms with Crippen LogP contribution in [0.25, 0.3) is 0 Å². The zero-order chi connectivity index (χ0) is 17.0. The van der Waals surface area contributed by atoms with Crippen LogP contribution in [0.2, 0.25) is 0 Å². The first-order valence-electron chi connectivity index (χ1n) is 7.19. The predicted molar refractivity (Wildman–Crippen MR) is 92.6 cm³/mol. The molecule has 0 atom stereocenters. The minimum Gasteiger partial charge on any atom is -0.461 e. The van der Waals surface area contributed by atoms with Gasteiger partial charge in [0.2, 0.25) is 5.79 Å². The van der Waals surface area contributed by atoms with E-state index in [1.54, 1.807) is 0 Å². The molecule has 1 rings (SSSR count). The zero-order valence-electron chi connectivity index (χ0n) is 14.9. The van der Waals surface area contributed by atoms with Gasteiger partial charge in [-0.1, -0.05) is 18.2 Å². The Kier molecular flexibility index (Phi) is 6.59. The van der Waals surface area contributed by atoms with E-state index < -0.39 is 13.3 Å². The smallest absolute Gasteiger partial charge is 0.230 e. The molecule has 0 saturated carbocycles. The van der Waals surface area contributed by atoms with Crippen LogP contribution in [0, 0.1) is 0 Å². The summed E-state index contributed by atoms with van der Waals surface area (Å²) in [7, 11) is 9.94. The molecule has 0 unspecified atom stereocenters. The van der Waals surface area contributed by atoms with Gasteiger partial charge in [0.15, 0.2) is 7.51 Å². The number of hydrogen-bond donors (Lipinski definition) is 0. The molecule has 0 bridgehead atoms. The lowest BCUT2D eigenvalue weighted by molar-refractivity contribution is -0.155. The number of rotatable bonds is 7. The largest absolute Gasteiger partial charge is 0.461 e. The van der Waals surface area contributed by atoms with Crippen LogP contribution in [0.3, 0.4) is 0 Å². The van der Waals surface area contributed by atoms with Gasteiger partial charge in [-0.25, -0.2) is 4.84 Å². The second-order valence-corrected chi connectivity index (χ2v) is 9.70. The molecule has 6 nitrogen and oxygen atoms in total. The van der Waals surface area contributed by atoms with E-state index in [2.05, 4.69) is 18.9 Å². The highest BCUT2D eigenvalue weighted by Gasteiger charge is 2.31. The van der Waals surface area contributed by atoms with E-state index in [1.807, 2.05) is 86.5 Å². The predicted octanol–water partition coefficient (Wildman–Crippen LogP) is 3.36. The van der Waals surface area contributed by atoms with Crippen molar-refractivity contribution >= 4 is 7.51 Å². The maximum Gasteiger partial charge on any atom is 0.230 e. The Bertz CT molecular complexity index is 487. The van der Waals surface area contributed by atoms with Crippen molar-refractivity contribution in [3.05, 3.63) is 30.3 Å². The fraction of sp³-hybridized carbons (Fsp3) is 0.600. The molecule has 0 fully saturated rings. The summed E-state index contributed by atoms with van der Waals surface area (Å²) in [5.74, 6) is -0.0968. The highest BCUT2D eigenvalue weighted by molar-refractivity contribution is 7.58. The van der Waals surface area contributed by atoms with Crippen LogP contribution in [-0.4, -0.2) is 62.1 Å². The first-order chi connectivity index (χ1) is 10.1. The molecule has 1 aromatic rings. The van der Waals surface area contributed by atoms with Crippen molar-refractivity contribution in [2.45, 2.75) is 19.6 Å². The molecule has 0 aromatic heterocycles. The van der Waals surface area contributed by atoms with Gasteiger partial charge in [0.05, 0.1) is 0 Å². The van der Waals surface area contributed by atoms with E-state index in [0.717, 1.165) is 5.75 Å². The van der Waals surface area contributed by atoms with Gasteiger partial charge in [0.25, 0.3) is 0 Å². The number of para-hydroxylation sites is 1. The molecule has 0 heterocycles. The molecule has 0 amide bonds. The van der Waals surface area contributed by atoms with Gasteiger partial charge < -0.3 is 4.74 Å². The van der Waals surface area contributed by atoms with Gasteiger partial charge in [-0.2, -0.15) is 0 Å². The van der Waals surface area contributed by atoms with Crippen LogP contribution in [0.4, 0.5) is 0 Å². The van der Waals surface area contributed by atoms with Crippen LogP contribution in [-0.2, 0) is 4.84 Å². The van der Waals surface area contributed by atoms with E-state index >= 15 is 0 Å². The summed E-state index contributed by atoms with van der Waals surface area (Å²) in [5.41, 5.74) is 0. The minimum atomic E-state index is -2.09. The summed E-state index contributed by atoms with van der Waals surface area (Å²) < 4.78 is 12.1. The molecule has 0 aliphatic rings. The number of ether oxygens (including phenoxy) is 1. The van der Waals surface area contributed by atoms with E-state index in [9.17, 15) is 0 Å².